The molecule has 0 atom stereocenters. The maximum Gasteiger partial charge on any atom is 0.138 e. The van der Waals surface area contributed by atoms with Crippen molar-refractivity contribution in [1.29, 1.82) is 5.26 Å². The number of aromatic nitrogens is 3. The van der Waals surface area contributed by atoms with Gasteiger partial charge in [-0.3, -0.25) is 0 Å². The molecule has 2 aromatic rings. The maximum absolute atomic E-state index is 8.83. The Kier molecular flexibility index (Phi) is 1.83. The monoisotopic (exact) mass is 190 g/mol. The molecule has 0 spiro atoms. The van der Waals surface area contributed by atoms with E-state index in [4.69, 9.17) is 5.26 Å². The number of aryl methyl sites for hydroxylation is 1. The van der Waals surface area contributed by atoms with Gasteiger partial charge in [-0.15, -0.1) is 11.3 Å². The van der Waals surface area contributed by atoms with Gasteiger partial charge in [0.2, 0.25) is 0 Å². The summed E-state index contributed by atoms with van der Waals surface area (Å²) in [6.45, 7) is 1.96. The first-order valence-electron chi connectivity index (χ1n) is 3.67. The Morgan fingerprint density at radius 2 is 2.46 bits per heavy atom. The number of hydrogen-bond donors (Lipinski definition) is 0. The van der Waals surface area contributed by atoms with Crippen LogP contribution in [0.15, 0.2) is 18.7 Å². The van der Waals surface area contributed by atoms with Gasteiger partial charge < -0.3 is 0 Å². The third kappa shape index (κ3) is 1.32. The minimum atomic E-state index is 0.646. The Hall–Kier alpha value is -1.67. The minimum Gasteiger partial charge on any atom is -0.223 e. The summed E-state index contributed by atoms with van der Waals surface area (Å²) in [5.41, 5.74) is 0.646. The van der Waals surface area contributed by atoms with Crippen LogP contribution in [0.4, 0.5) is 0 Å². The third-order valence-electron chi connectivity index (χ3n) is 1.58. The first-order valence-corrected chi connectivity index (χ1v) is 4.48. The highest BCUT2D eigenvalue weighted by Crippen LogP contribution is 2.23. The summed E-state index contributed by atoms with van der Waals surface area (Å²) < 4.78 is 1.61. The van der Waals surface area contributed by atoms with E-state index in [1.165, 1.54) is 17.7 Å². The summed E-state index contributed by atoms with van der Waals surface area (Å²) in [5.74, 6) is 0. The normalized spacial score (nSPS) is 9.85. The van der Waals surface area contributed by atoms with Crippen LogP contribution in [0.3, 0.4) is 0 Å². The average Bonchev–Trinajstić information content (AvgIpc) is 2.71. The zero-order chi connectivity index (χ0) is 9.26. The van der Waals surface area contributed by atoms with E-state index in [9.17, 15) is 0 Å². The van der Waals surface area contributed by atoms with E-state index in [2.05, 4.69) is 16.2 Å². The van der Waals surface area contributed by atoms with Gasteiger partial charge >= 0.3 is 0 Å². The van der Waals surface area contributed by atoms with Crippen LogP contribution in [0.5, 0.6) is 0 Å². The van der Waals surface area contributed by atoms with E-state index < -0.39 is 0 Å². The van der Waals surface area contributed by atoms with Crippen LogP contribution >= 0.6 is 11.3 Å². The van der Waals surface area contributed by atoms with Gasteiger partial charge in [0.15, 0.2) is 0 Å². The summed E-state index contributed by atoms with van der Waals surface area (Å²) in [7, 11) is 0. The minimum absolute atomic E-state index is 0.646. The Balaban J connectivity index is 2.59. The Labute approximate surface area is 79.1 Å². The van der Waals surface area contributed by atoms with Crippen molar-refractivity contribution in [2.24, 2.45) is 0 Å². The molecular weight excluding hydrogens is 184 g/mol. The third-order valence-corrected chi connectivity index (χ3v) is 2.62. The second-order valence-corrected chi connectivity index (χ2v) is 3.76. The smallest absolute Gasteiger partial charge is 0.138 e. The van der Waals surface area contributed by atoms with Gasteiger partial charge in [-0.2, -0.15) is 10.4 Å². The second-order valence-electron chi connectivity index (χ2n) is 2.53. The van der Waals surface area contributed by atoms with E-state index in [1.807, 2.05) is 13.0 Å². The zero-order valence-corrected chi connectivity index (χ0v) is 7.75. The summed E-state index contributed by atoms with van der Waals surface area (Å²) in [6, 6.07) is 3.98. The lowest BCUT2D eigenvalue weighted by Gasteiger charge is -1.93. The number of thiophene rings is 1. The largest absolute Gasteiger partial charge is 0.223 e. The molecule has 2 aromatic heterocycles. The number of rotatable bonds is 1. The second kappa shape index (κ2) is 2.99. The SMILES string of the molecule is Cc1cc(C#N)c(-n2cncn2)s1. The molecule has 2 heterocycles. The fourth-order valence-electron chi connectivity index (χ4n) is 1.07. The molecule has 0 aliphatic carbocycles. The molecule has 64 valence electrons. The number of hydrogen-bond acceptors (Lipinski definition) is 4. The lowest BCUT2D eigenvalue weighted by molar-refractivity contribution is 0.893. The fourth-order valence-corrected chi connectivity index (χ4v) is 1.95. The summed E-state index contributed by atoms with van der Waals surface area (Å²) in [4.78, 5) is 4.93. The predicted octanol–water partition coefficient (Wildman–Crippen LogP) is 1.51. The van der Waals surface area contributed by atoms with Crippen molar-refractivity contribution in [3.63, 3.8) is 0 Å². The van der Waals surface area contributed by atoms with E-state index in [0.717, 1.165) is 9.88 Å². The van der Waals surface area contributed by atoms with E-state index in [1.54, 1.807) is 11.0 Å². The van der Waals surface area contributed by atoms with Crippen molar-refractivity contribution in [2.45, 2.75) is 6.92 Å². The van der Waals surface area contributed by atoms with Gasteiger partial charge in [-0.25, -0.2) is 9.67 Å². The molecular formula is C8H6N4S. The Morgan fingerprint density at radius 3 is 3.08 bits per heavy atom. The quantitative estimate of drug-likeness (QED) is 0.684. The van der Waals surface area contributed by atoms with Crippen LogP contribution in [0.25, 0.3) is 5.00 Å². The maximum atomic E-state index is 8.83. The van der Waals surface area contributed by atoms with Crippen LogP contribution in [-0.4, -0.2) is 14.8 Å². The molecule has 0 saturated heterocycles. The molecule has 0 aliphatic rings. The van der Waals surface area contributed by atoms with Gasteiger partial charge in [0, 0.05) is 4.88 Å². The Bertz CT molecular complexity index is 449. The molecule has 13 heavy (non-hydrogen) atoms. The van der Waals surface area contributed by atoms with Gasteiger partial charge in [0.05, 0.1) is 5.56 Å². The molecule has 0 aromatic carbocycles. The summed E-state index contributed by atoms with van der Waals surface area (Å²) >= 11 is 1.53. The van der Waals surface area contributed by atoms with Crippen LogP contribution in [0, 0.1) is 18.3 Å². The number of nitrogens with zero attached hydrogens (tertiary/aromatic N) is 4. The molecule has 2 rings (SSSR count). The van der Waals surface area contributed by atoms with Crippen LogP contribution in [-0.2, 0) is 0 Å². The first-order chi connectivity index (χ1) is 6.31. The topological polar surface area (TPSA) is 54.5 Å². The molecule has 0 fully saturated rings. The van der Waals surface area contributed by atoms with Crippen LogP contribution < -0.4 is 0 Å². The van der Waals surface area contributed by atoms with Crippen molar-refractivity contribution in [3.05, 3.63) is 29.2 Å². The van der Waals surface area contributed by atoms with Crippen molar-refractivity contribution >= 4 is 11.3 Å². The molecule has 5 heteroatoms. The van der Waals surface area contributed by atoms with Crippen molar-refractivity contribution in [1.82, 2.24) is 14.8 Å². The summed E-state index contributed by atoms with van der Waals surface area (Å²) in [6.07, 6.45) is 3.04. The molecule has 0 bridgehead atoms. The van der Waals surface area contributed by atoms with Gasteiger partial charge in [-0.1, -0.05) is 0 Å². The van der Waals surface area contributed by atoms with Crippen LogP contribution in [0.2, 0.25) is 0 Å². The van der Waals surface area contributed by atoms with E-state index in [-0.39, 0.29) is 0 Å². The van der Waals surface area contributed by atoms with E-state index >= 15 is 0 Å². The van der Waals surface area contributed by atoms with Crippen LogP contribution in [0.1, 0.15) is 10.4 Å². The number of nitriles is 1. The molecule has 0 radical (unpaired) electrons. The van der Waals surface area contributed by atoms with Gasteiger partial charge in [0.1, 0.15) is 23.7 Å². The standard InChI is InChI=1S/C8H6N4S/c1-6-2-7(3-9)8(13-6)12-5-10-4-11-12/h2,4-5H,1H3. The summed E-state index contributed by atoms with van der Waals surface area (Å²) in [5, 5.41) is 13.6. The first kappa shape index (κ1) is 7.95. The lowest BCUT2D eigenvalue weighted by Crippen LogP contribution is -1.92. The molecule has 0 N–H and O–H groups in total. The lowest BCUT2D eigenvalue weighted by atomic mass is 10.3. The van der Waals surface area contributed by atoms with Crippen molar-refractivity contribution in [3.8, 4) is 11.1 Å². The van der Waals surface area contributed by atoms with Crippen molar-refractivity contribution < 1.29 is 0 Å². The van der Waals surface area contributed by atoms with E-state index in [0.29, 0.717) is 5.56 Å². The molecule has 0 saturated carbocycles. The fraction of sp³-hybridized carbons (Fsp3) is 0.125. The molecule has 0 unspecified atom stereocenters. The highest BCUT2D eigenvalue weighted by Gasteiger charge is 2.08. The Morgan fingerprint density at radius 1 is 1.62 bits per heavy atom. The van der Waals surface area contributed by atoms with Crippen molar-refractivity contribution in [2.75, 3.05) is 0 Å². The highest BCUT2D eigenvalue weighted by atomic mass is 32.1. The van der Waals surface area contributed by atoms with Gasteiger partial charge in [0.25, 0.3) is 0 Å². The predicted molar refractivity (Wildman–Crippen MR) is 48.7 cm³/mol. The zero-order valence-electron chi connectivity index (χ0n) is 6.93. The molecule has 0 amide bonds. The highest BCUT2D eigenvalue weighted by molar-refractivity contribution is 7.14. The van der Waals surface area contributed by atoms with Gasteiger partial charge in [-0.05, 0) is 13.0 Å². The molecule has 4 nitrogen and oxygen atoms in total. The molecule has 0 aliphatic heterocycles. The average molecular weight is 190 g/mol.